The predicted octanol–water partition coefficient (Wildman–Crippen LogP) is 2.51. The lowest BCUT2D eigenvalue weighted by Gasteiger charge is -2.20. The van der Waals surface area contributed by atoms with Gasteiger partial charge in [0.15, 0.2) is 0 Å². The van der Waals surface area contributed by atoms with E-state index in [-0.39, 0.29) is 0 Å². The molecule has 0 rings (SSSR count). The van der Waals surface area contributed by atoms with E-state index in [4.69, 9.17) is 5.11 Å². The van der Waals surface area contributed by atoms with E-state index < -0.39 is 19.7 Å². The van der Waals surface area contributed by atoms with Gasteiger partial charge in [-0.05, 0) is 39.4 Å². The van der Waals surface area contributed by atoms with Gasteiger partial charge in [0.25, 0.3) is 0 Å². The van der Waals surface area contributed by atoms with Crippen molar-refractivity contribution in [3.63, 3.8) is 0 Å². The smallest absolute Gasteiger partial charge is 0.309 e. The van der Waals surface area contributed by atoms with Crippen molar-refractivity contribution in [2.75, 3.05) is 0 Å². The molecule has 1 radical (unpaired) electrons. The van der Waals surface area contributed by atoms with E-state index >= 15 is 0 Å². The normalized spacial score (nSPS) is 13.0. The van der Waals surface area contributed by atoms with Crippen LogP contribution in [0.3, 0.4) is 0 Å². The largest absolute Gasteiger partial charge is 0.481 e. The molecule has 0 aliphatic rings. The van der Waals surface area contributed by atoms with E-state index in [0.29, 0.717) is 12.5 Å². The average molecular weight is 203 g/mol. The molecule has 0 saturated carbocycles. The van der Waals surface area contributed by atoms with Crippen LogP contribution in [0.2, 0.25) is 19.1 Å². The van der Waals surface area contributed by atoms with Crippen molar-refractivity contribution in [1.82, 2.24) is 0 Å². The second kappa shape index (κ2) is 4.24. The number of carbonyl (C=O) groups is 1. The molecule has 0 atom stereocenters. The number of carboxylic acids is 1. The lowest BCUT2D eigenvalue weighted by molar-refractivity contribution is -0.147. The Morgan fingerprint density at radius 1 is 1.38 bits per heavy atom. The fraction of sp³-hybridized carbons (Fsp3) is 0.889. The Morgan fingerprint density at radius 3 is 2.15 bits per heavy atom. The van der Waals surface area contributed by atoms with Crippen molar-refractivity contribution in [2.45, 2.75) is 45.8 Å². The van der Waals surface area contributed by atoms with Crippen LogP contribution in [0.5, 0.6) is 0 Å². The van der Waals surface area contributed by atoms with Crippen LogP contribution in [0.25, 0.3) is 0 Å². The summed E-state index contributed by atoms with van der Waals surface area (Å²) in [5.74, 6) is -0.780. The van der Waals surface area contributed by atoms with Gasteiger partial charge in [0, 0.05) is 0 Å². The van der Waals surface area contributed by atoms with Crippen molar-refractivity contribution >= 4 is 14.3 Å². The standard InChI is InChI=1S/C9H19O3Si/c1-9(2,8(10)11)6-5-7-13(3,4)12/h5-7H2,1-4H3,(H,10,11). The second-order valence-electron chi connectivity index (χ2n) is 4.80. The molecule has 0 aliphatic heterocycles. The van der Waals surface area contributed by atoms with Crippen molar-refractivity contribution in [3.05, 3.63) is 0 Å². The molecule has 77 valence electrons. The maximum Gasteiger partial charge on any atom is 0.309 e. The summed E-state index contributed by atoms with van der Waals surface area (Å²) in [6.45, 7) is 6.94. The summed E-state index contributed by atoms with van der Waals surface area (Å²) in [5.41, 5.74) is -0.681. The lowest BCUT2D eigenvalue weighted by Crippen LogP contribution is -2.26. The van der Waals surface area contributed by atoms with Gasteiger partial charge in [0.2, 0.25) is 8.32 Å². The SMILES string of the molecule is CC(C)(CCC[Si](C)(C)[O])C(=O)O. The summed E-state index contributed by atoms with van der Waals surface area (Å²) >= 11 is 0. The van der Waals surface area contributed by atoms with Crippen molar-refractivity contribution in [2.24, 2.45) is 5.41 Å². The van der Waals surface area contributed by atoms with E-state index in [1.54, 1.807) is 26.9 Å². The topological polar surface area (TPSA) is 57.2 Å². The van der Waals surface area contributed by atoms with Gasteiger partial charge in [-0.25, -0.2) is 0 Å². The van der Waals surface area contributed by atoms with Gasteiger partial charge < -0.3 is 5.11 Å². The van der Waals surface area contributed by atoms with Gasteiger partial charge in [-0.15, -0.1) is 0 Å². The van der Waals surface area contributed by atoms with Crippen LogP contribution in [0.15, 0.2) is 0 Å². The zero-order chi connectivity index (χ0) is 10.7. The van der Waals surface area contributed by atoms with Gasteiger partial charge in [0.05, 0.1) is 5.41 Å². The first kappa shape index (κ1) is 12.6. The summed E-state index contributed by atoms with van der Waals surface area (Å²) in [5, 5.41) is 8.80. The molecule has 0 heterocycles. The first-order valence-electron chi connectivity index (χ1n) is 4.59. The highest BCUT2D eigenvalue weighted by atomic mass is 28.4. The summed E-state index contributed by atoms with van der Waals surface area (Å²) < 4.78 is 0. The minimum Gasteiger partial charge on any atom is -0.481 e. The number of rotatable bonds is 5. The molecule has 0 spiro atoms. The summed E-state index contributed by atoms with van der Waals surface area (Å²) in [6.07, 6.45) is 1.34. The monoisotopic (exact) mass is 203 g/mol. The number of aliphatic carboxylic acids is 1. The van der Waals surface area contributed by atoms with Crippen LogP contribution in [0.4, 0.5) is 0 Å². The third-order valence-corrected chi connectivity index (χ3v) is 3.72. The Balaban J connectivity index is 3.84. The van der Waals surface area contributed by atoms with Gasteiger partial charge in [-0.1, -0.05) is 6.42 Å². The van der Waals surface area contributed by atoms with Crippen LogP contribution in [-0.2, 0) is 9.59 Å². The number of hydrogen-bond donors (Lipinski definition) is 1. The van der Waals surface area contributed by atoms with Crippen LogP contribution in [0.1, 0.15) is 26.7 Å². The minimum absolute atomic E-state index is 0.598. The maximum absolute atomic E-state index is 11.4. The predicted molar refractivity (Wildman–Crippen MR) is 53.6 cm³/mol. The summed E-state index contributed by atoms with van der Waals surface area (Å²) in [4.78, 5) is 22.1. The fourth-order valence-electron chi connectivity index (χ4n) is 1.06. The zero-order valence-electron chi connectivity index (χ0n) is 8.89. The maximum atomic E-state index is 11.4. The van der Waals surface area contributed by atoms with Crippen molar-refractivity contribution < 1.29 is 14.7 Å². The number of carboxylic acid groups (broad SMARTS) is 1. The Bertz CT molecular complexity index is 182. The molecule has 1 N–H and O–H groups in total. The Kier molecular flexibility index (Phi) is 4.12. The first-order chi connectivity index (χ1) is 5.65. The molecule has 3 nitrogen and oxygen atoms in total. The highest BCUT2D eigenvalue weighted by molar-refractivity contribution is 6.69. The minimum atomic E-state index is -2.23. The highest BCUT2D eigenvalue weighted by Crippen LogP contribution is 2.25. The summed E-state index contributed by atoms with van der Waals surface area (Å²) in [6, 6.07) is 0.670. The molecular formula is C9H19O3Si. The molecule has 4 heteroatoms. The molecule has 0 fully saturated rings. The Morgan fingerprint density at radius 2 is 1.85 bits per heavy atom. The molecular weight excluding hydrogens is 184 g/mol. The fourth-order valence-corrected chi connectivity index (χ4v) is 2.09. The lowest BCUT2D eigenvalue weighted by atomic mass is 9.88. The van der Waals surface area contributed by atoms with E-state index in [1.807, 2.05) is 0 Å². The molecule has 0 saturated heterocycles. The van der Waals surface area contributed by atoms with E-state index in [0.717, 1.165) is 6.42 Å². The van der Waals surface area contributed by atoms with Gasteiger partial charge in [0.1, 0.15) is 0 Å². The van der Waals surface area contributed by atoms with E-state index in [1.165, 1.54) is 0 Å². The quantitative estimate of drug-likeness (QED) is 0.698. The molecule has 0 aromatic carbocycles. The molecule has 0 unspecified atom stereocenters. The second-order valence-corrected chi connectivity index (χ2v) is 8.82. The van der Waals surface area contributed by atoms with Crippen molar-refractivity contribution in [3.8, 4) is 0 Å². The molecule has 0 aromatic heterocycles. The molecule has 13 heavy (non-hydrogen) atoms. The first-order valence-corrected chi connectivity index (χ1v) is 7.70. The Hall–Kier alpha value is -0.353. The van der Waals surface area contributed by atoms with Gasteiger partial charge in [-0.2, -0.15) is 0 Å². The summed E-state index contributed by atoms with van der Waals surface area (Å²) in [7, 11) is -2.23. The molecule has 0 aliphatic carbocycles. The van der Waals surface area contributed by atoms with Gasteiger partial charge >= 0.3 is 5.97 Å². The molecule has 0 bridgehead atoms. The highest BCUT2D eigenvalue weighted by Gasteiger charge is 2.28. The van der Waals surface area contributed by atoms with E-state index in [9.17, 15) is 9.59 Å². The van der Waals surface area contributed by atoms with Crippen molar-refractivity contribution in [1.29, 1.82) is 0 Å². The number of hydrogen-bond acceptors (Lipinski definition) is 1. The van der Waals surface area contributed by atoms with Crippen LogP contribution in [-0.4, -0.2) is 19.4 Å². The third-order valence-electron chi connectivity index (χ3n) is 2.16. The van der Waals surface area contributed by atoms with Crippen LogP contribution in [0, 0.1) is 5.41 Å². The van der Waals surface area contributed by atoms with Crippen LogP contribution < -0.4 is 0 Å². The molecule has 0 aromatic rings. The molecule has 0 amide bonds. The van der Waals surface area contributed by atoms with E-state index in [2.05, 4.69) is 0 Å². The zero-order valence-corrected chi connectivity index (χ0v) is 9.89. The average Bonchev–Trinajstić information content (AvgIpc) is 1.82. The Labute approximate surface area is 80.9 Å². The van der Waals surface area contributed by atoms with Crippen LogP contribution >= 0.6 is 0 Å². The van der Waals surface area contributed by atoms with Gasteiger partial charge in [-0.3, -0.25) is 9.59 Å². The third kappa shape index (κ3) is 5.82.